The third kappa shape index (κ3) is 1.85. The maximum Gasteiger partial charge on any atom is 0.197 e. The van der Waals surface area contributed by atoms with Gasteiger partial charge in [0, 0.05) is 12.6 Å². The van der Waals surface area contributed by atoms with E-state index in [9.17, 15) is 5.11 Å². The molecule has 0 spiro atoms. The molecule has 0 atom stereocenters. The van der Waals surface area contributed by atoms with E-state index < -0.39 is 0 Å². The quantitative estimate of drug-likeness (QED) is 0.726. The highest BCUT2D eigenvalue weighted by Gasteiger charge is 2.07. The van der Waals surface area contributed by atoms with Gasteiger partial charge in [-0.25, -0.2) is 9.50 Å². The van der Waals surface area contributed by atoms with Gasteiger partial charge in [0.25, 0.3) is 0 Å². The van der Waals surface area contributed by atoms with Crippen molar-refractivity contribution in [2.45, 2.75) is 6.42 Å². The third-order valence-electron chi connectivity index (χ3n) is 2.59. The van der Waals surface area contributed by atoms with Gasteiger partial charge < -0.3 is 5.11 Å². The van der Waals surface area contributed by atoms with Crippen LogP contribution in [0.15, 0.2) is 48.7 Å². The normalized spacial score (nSPS) is 10.8. The smallest absolute Gasteiger partial charge is 0.197 e. The fourth-order valence-corrected chi connectivity index (χ4v) is 1.79. The molecule has 3 aromatic rings. The van der Waals surface area contributed by atoms with E-state index in [1.54, 1.807) is 22.8 Å². The van der Waals surface area contributed by atoms with Crippen molar-refractivity contribution in [3.05, 3.63) is 60.0 Å². The van der Waals surface area contributed by atoms with Gasteiger partial charge in [-0.2, -0.15) is 5.10 Å². The molecule has 0 aliphatic heterocycles. The van der Waals surface area contributed by atoms with E-state index in [-0.39, 0.29) is 5.75 Å². The van der Waals surface area contributed by atoms with E-state index in [2.05, 4.69) is 10.1 Å². The monoisotopic (exact) mass is 225 g/mol. The molecule has 2 aromatic heterocycles. The van der Waals surface area contributed by atoms with Gasteiger partial charge in [0.2, 0.25) is 0 Å². The van der Waals surface area contributed by atoms with Gasteiger partial charge in [0.05, 0.1) is 0 Å². The Labute approximate surface area is 98.2 Å². The molecule has 17 heavy (non-hydrogen) atoms. The average molecular weight is 225 g/mol. The van der Waals surface area contributed by atoms with Gasteiger partial charge in [0.1, 0.15) is 0 Å². The molecule has 0 fully saturated rings. The predicted molar refractivity (Wildman–Crippen MR) is 63.9 cm³/mol. The fraction of sp³-hybridized carbons (Fsp3) is 0.0769. The van der Waals surface area contributed by atoms with Crippen molar-refractivity contribution in [3.8, 4) is 5.75 Å². The van der Waals surface area contributed by atoms with Gasteiger partial charge in [0.15, 0.2) is 17.2 Å². The number of fused-ring (bicyclic) bond motifs is 1. The van der Waals surface area contributed by atoms with Gasteiger partial charge in [-0.3, -0.25) is 0 Å². The highest BCUT2D eigenvalue weighted by atomic mass is 16.3. The van der Waals surface area contributed by atoms with Crippen LogP contribution in [0.5, 0.6) is 5.75 Å². The molecule has 0 saturated heterocycles. The summed E-state index contributed by atoms with van der Waals surface area (Å²) in [6.07, 6.45) is 2.44. The molecule has 0 aliphatic carbocycles. The zero-order chi connectivity index (χ0) is 11.7. The number of rotatable bonds is 2. The van der Waals surface area contributed by atoms with Crippen molar-refractivity contribution in [1.29, 1.82) is 0 Å². The van der Waals surface area contributed by atoms with E-state index in [0.29, 0.717) is 17.9 Å². The van der Waals surface area contributed by atoms with Crippen molar-refractivity contribution in [3.63, 3.8) is 0 Å². The molecular formula is C13H11N3O. The zero-order valence-electron chi connectivity index (χ0n) is 9.11. The van der Waals surface area contributed by atoms with Crippen LogP contribution in [0.4, 0.5) is 0 Å². The lowest BCUT2D eigenvalue weighted by Crippen LogP contribution is -1.91. The molecule has 3 rings (SSSR count). The molecular weight excluding hydrogens is 214 g/mol. The zero-order valence-corrected chi connectivity index (χ0v) is 9.11. The molecule has 0 amide bonds. The van der Waals surface area contributed by atoms with E-state index in [0.717, 1.165) is 5.56 Å². The second-order valence-electron chi connectivity index (χ2n) is 3.85. The van der Waals surface area contributed by atoms with Crippen molar-refractivity contribution in [1.82, 2.24) is 14.6 Å². The maximum absolute atomic E-state index is 9.63. The number of nitrogens with zero attached hydrogens (tertiary/aromatic N) is 3. The van der Waals surface area contributed by atoms with Crippen LogP contribution in [0.3, 0.4) is 0 Å². The number of aromatic hydroxyl groups is 1. The van der Waals surface area contributed by atoms with Crippen LogP contribution >= 0.6 is 0 Å². The molecule has 0 saturated carbocycles. The summed E-state index contributed by atoms with van der Waals surface area (Å²) in [5.74, 6) is 0.858. The second-order valence-corrected chi connectivity index (χ2v) is 3.85. The van der Waals surface area contributed by atoms with Crippen LogP contribution in [0.1, 0.15) is 11.4 Å². The first kappa shape index (κ1) is 9.84. The van der Waals surface area contributed by atoms with E-state index >= 15 is 0 Å². The number of pyridine rings is 1. The Hall–Kier alpha value is -2.36. The predicted octanol–water partition coefficient (Wildman–Crippen LogP) is 2.03. The number of aromatic nitrogens is 3. The summed E-state index contributed by atoms with van der Waals surface area (Å²) < 4.78 is 1.59. The Morgan fingerprint density at radius 2 is 1.88 bits per heavy atom. The molecule has 84 valence electrons. The largest absolute Gasteiger partial charge is 0.504 e. The van der Waals surface area contributed by atoms with Crippen LogP contribution in [0, 0.1) is 0 Å². The fourth-order valence-electron chi connectivity index (χ4n) is 1.79. The van der Waals surface area contributed by atoms with Gasteiger partial charge >= 0.3 is 0 Å². The number of benzene rings is 1. The molecule has 4 heteroatoms. The highest BCUT2D eigenvalue weighted by molar-refractivity contribution is 5.51. The summed E-state index contributed by atoms with van der Waals surface area (Å²) in [6, 6.07) is 13.4. The SMILES string of the molecule is Oc1cccn2nc(Cc3ccccc3)nc12. The Morgan fingerprint density at radius 1 is 1.06 bits per heavy atom. The minimum absolute atomic E-state index is 0.152. The third-order valence-corrected chi connectivity index (χ3v) is 2.59. The van der Waals surface area contributed by atoms with Crippen LogP contribution in [-0.4, -0.2) is 19.7 Å². The molecule has 1 N–H and O–H groups in total. The van der Waals surface area contributed by atoms with Crippen molar-refractivity contribution in [2.75, 3.05) is 0 Å². The second kappa shape index (κ2) is 3.90. The molecule has 0 unspecified atom stereocenters. The van der Waals surface area contributed by atoms with Gasteiger partial charge in [-0.15, -0.1) is 0 Å². The lowest BCUT2D eigenvalue weighted by Gasteiger charge is -1.94. The first-order valence-corrected chi connectivity index (χ1v) is 5.40. The molecule has 1 aromatic carbocycles. The maximum atomic E-state index is 9.63. The molecule has 0 radical (unpaired) electrons. The van der Waals surface area contributed by atoms with Crippen molar-refractivity contribution < 1.29 is 5.11 Å². The summed E-state index contributed by atoms with van der Waals surface area (Å²) in [7, 11) is 0. The van der Waals surface area contributed by atoms with Crippen LogP contribution in [0.25, 0.3) is 5.65 Å². The first-order chi connectivity index (χ1) is 8.33. The van der Waals surface area contributed by atoms with Gasteiger partial charge in [-0.05, 0) is 17.7 Å². The van der Waals surface area contributed by atoms with E-state index in [1.807, 2.05) is 30.3 Å². The standard InChI is InChI=1S/C13H11N3O/c17-11-7-4-8-16-13(11)14-12(15-16)9-10-5-2-1-3-6-10/h1-8,17H,9H2. The Balaban J connectivity index is 1.99. The minimum atomic E-state index is 0.152. The summed E-state index contributed by atoms with van der Waals surface area (Å²) in [5.41, 5.74) is 1.65. The van der Waals surface area contributed by atoms with Crippen LogP contribution in [0.2, 0.25) is 0 Å². The summed E-state index contributed by atoms with van der Waals surface area (Å²) in [4.78, 5) is 4.31. The average Bonchev–Trinajstić information content (AvgIpc) is 2.74. The summed E-state index contributed by atoms with van der Waals surface area (Å²) in [6.45, 7) is 0. The summed E-state index contributed by atoms with van der Waals surface area (Å²) in [5, 5.41) is 13.9. The molecule has 0 aliphatic rings. The summed E-state index contributed by atoms with van der Waals surface area (Å²) >= 11 is 0. The van der Waals surface area contributed by atoms with Gasteiger partial charge in [-0.1, -0.05) is 30.3 Å². The Morgan fingerprint density at radius 3 is 2.65 bits per heavy atom. The van der Waals surface area contributed by atoms with E-state index in [4.69, 9.17) is 0 Å². The van der Waals surface area contributed by atoms with Crippen LogP contribution < -0.4 is 0 Å². The van der Waals surface area contributed by atoms with Crippen molar-refractivity contribution >= 4 is 5.65 Å². The highest BCUT2D eigenvalue weighted by Crippen LogP contribution is 2.16. The Kier molecular flexibility index (Phi) is 2.26. The van der Waals surface area contributed by atoms with E-state index in [1.165, 1.54) is 0 Å². The Bertz CT molecular complexity index is 646. The topological polar surface area (TPSA) is 50.4 Å². The first-order valence-electron chi connectivity index (χ1n) is 5.40. The lowest BCUT2D eigenvalue weighted by molar-refractivity contribution is 0.477. The molecule has 4 nitrogen and oxygen atoms in total. The lowest BCUT2D eigenvalue weighted by atomic mass is 10.1. The molecule has 2 heterocycles. The number of hydrogen-bond acceptors (Lipinski definition) is 3. The minimum Gasteiger partial charge on any atom is -0.504 e. The van der Waals surface area contributed by atoms with Crippen molar-refractivity contribution in [2.24, 2.45) is 0 Å². The number of hydrogen-bond donors (Lipinski definition) is 1. The van der Waals surface area contributed by atoms with Crippen LogP contribution in [-0.2, 0) is 6.42 Å². The molecule has 0 bridgehead atoms.